The average Bonchev–Trinajstić information content (AvgIpc) is 3.16. The number of nitrogens with two attached hydrogens (primary N) is 2. The van der Waals surface area contributed by atoms with Crippen LogP contribution in [0.4, 0.5) is 4.79 Å². The van der Waals surface area contributed by atoms with Gasteiger partial charge in [0, 0.05) is 25.3 Å². The highest BCUT2D eigenvalue weighted by Gasteiger charge is 2.72. The van der Waals surface area contributed by atoms with Gasteiger partial charge in [-0.2, -0.15) is 0 Å². The number of aliphatic hydroxyl groups excluding tert-OH is 1. The molecular formula is C15H20N4O5. The number of amides is 1. The normalized spacial score (nSPS) is 39.8. The lowest BCUT2D eigenvalue weighted by atomic mass is 9.82. The van der Waals surface area contributed by atoms with E-state index in [9.17, 15) is 14.7 Å². The summed E-state index contributed by atoms with van der Waals surface area (Å²) in [6.07, 6.45) is -1.91. The van der Waals surface area contributed by atoms with Crippen LogP contribution in [0.25, 0.3) is 0 Å². The number of primary amides is 1. The summed E-state index contributed by atoms with van der Waals surface area (Å²) in [6.45, 7) is 2.12. The van der Waals surface area contributed by atoms with E-state index in [4.69, 9.17) is 20.9 Å². The zero-order valence-electron chi connectivity index (χ0n) is 13.4. The van der Waals surface area contributed by atoms with E-state index in [0.29, 0.717) is 23.4 Å². The Hall–Kier alpha value is -2.10. The number of allylic oxidation sites excluding steroid dienone is 1. The summed E-state index contributed by atoms with van der Waals surface area (Å²) in [7, 11) is 1.55. The van der Waals surface area contributed by atoms with Crippen molar-refractivity contribution < 1.29 is 24.2 Å². The third-order valence-corrected chi connectivity index (χ3v) is 5.65. The van der Waals surface area contributed by atoms with Crippen LogP contribution in [0.5, 0.6) is 0 Å². The van der Waals surface area contributed by atoms with E-state index in [1.807, 2.05) is 4.90 Å². The van der Waals surface area contributed by atoms with Crippen molar-refractivity contribution in [1.82, 2.24) is 10.2 Å². The average molecular weight is 336 g/mol. The lowest BCUT2D eigenvalue weighted by molar-refractivity contribution is -0.135. The van der Waals surface area contributed by atoms with E-state index in [2.05, 4.69) is 5.32 Å². The van der Waals surface area contributed by atoms with E-state index < -0.39 is 23.8 Å². The predicted octanol–water partition coefficient (Wildman–Crippen LogP) is -1.86. The molecule has 0 bridgehead atoms. The fourth-order valence-electron chi connectivity index (χ4n) is 4.46. The van der Waals surface area contributed by atoms with Crippen molar-refractivity contribution in [3.63, 3.8) is 0 Å². The molecule has 4 aliphatic rings. The molecule has 0 spiro atoms. The Balaban J connectivity index is 1.83. The van der Waals surface area contributed by atoms with E-state index in [-0.39, 0.29) is 30.2 Å². The van der Waals surface area contributed by atoms with Gasteiger partial charge in [-0.25, -0.2) is 4.79 Å². The number of fused-ring (bicyclic) bond motifs is 4. The Morgan fingerprint density at radius 3 is 2.88 bits per heavy atom. The van der Waals surface area contributed by atoms with E-state index in [1.165, 1.54) is 0 Å². The van der Waals surface area contributed by atoms with Gasteiger partial charge >= 0.3 is 6.09 Å². The van der Waals surface area contributed by atoms with Crippen LogP contribution in [-0.2, 0) is 14.3 Å². The minimum atomic E-state index is -0.983. The second kappa shape index (κ2) is 4.71. The largest absolute Gasteiger partial charge is 0.449 e. The number of hydrogen-bond donors (Lipinski definition) is 4. The Bertz CT molecular complexity index is 717. The standard InChI is InChI=1S/C15H20N4O5/c1-5-9(16)12(21)8-6(4-24-14(17)22)15(23-2)13-7(18-13)3-19(15)10(8)11(5)20/h6-7,11,13,18,20H,3-4,16H2,1-2H3,(H2,17,22)/t6-,7+,11?,13+,15-/m1/s1. The summed E-state index contributed by atoms with van der Waals surface area (Å²) in [5.74, 6) is -0.933. The second-order valence-corrected chi connectivity index (χ2v) is 6.63. The van der Waals surface area contributed by atoms with Crippen LogP contribution in [0.1, 0.15) is 6.92 Å². The van der Waals surface area contributed by atoms with Crippen molar-refractivity contribution in [1.29, 1.82) is 0 Å². The molecule has 6 N–H and O–H groups in total. The molecule has 1 amide bonds. The number of carbonyl (C=O) groups is 2. The highest BCUT2D eigenvalue weighted by molar-refractivity contribution is 6.11. The lowest BCUT2D eigenvalue weighted by Crippen LogP contribution is -2.55. The van der Waals surface area contributed by atoms with Crippen LogP contribution in [0.15, 0.2) is 22.5 Å². The summed E-state index contributed by atoms with van der Waals surface area (Å²) < 4.78 is 10.8. The molecule has 4 rings (SSSR count). The summed E-state index contributed by atoms with van der Waals surface area (Å²) >= 11 is 0. The first-order valence-corrected chi connectivity index (χ1v) is 7.78. The molecule has 2 fully saturated rings. The van der Waals surface area contributed by atoms with Gasteiger partial charge in [-0.05, 0) is 12.5 Å². The fraction of sp³-hybridized carbons (Fsp3) is 0.600. The molecule has 24 heavy (non-hydrogen) atoms. The first-order chi connectivity index (χ1) is 11.3. The molecular weight excluding hydrogens is 316 g/mol. The summed E-state index contributed by atoms with van der Waals surface area (Å²) in [6, 6.07) is 0.192. The smallest absolute Gasteiger partial charge is 0.404 e. The Labute approximate surface area is 138 Å². The number of aliphatic hydroxyl groups is 1. The Morgan fingerprint density at radius 1 is 1.54 bits per heavy atom. The molecule has 1 aliphatic carbocycles. The molecule has 0 saturated carbocycles. The van der Waals surface area contributed by atoms with Crippen LogP contribution < -0.4 is 16.8 Å². The molecule has 3 heterocycles. The Morgan fingerprint density at radius 2 is 2.25 bits per heavy atom. The summed E-state index contributed by atoms with van der Waals surface area (Å²) in [5.41, 5.74) is 11.4. The zero-order chi connectivity index (χ0) is 17.4. The Kier molecular flexibility index (Phi) is 3.03. The van der Waals surface area contributed by atoms with E-state index in [1.54, 1.807) is 14.0 Å². The maximum atomic E-state index is 12.8. The van der Waals surface area contributed by atoms with Crippen LogP contribution >= 0.6 is 0 Å². The number of rotatable bonds is 3. The molecule has 0 aromatic rings. The van der Waals surface area contributed by atoms with E-state index in [0.717, 1.165) is 0 Å². The maximum Gasteiger partial charge on any atom is 0.404 e. The fourth-order valence-corrected chi connectivity index (χ4v) is 4.46. The number of piperazine rings is 1. The van der Waals surface area contributed by atoms with E-state index >= 15 is 0 Å². The number of ether oxygens (including phenoxy) is 2. The predicted molar refractivity (Wildman–Crippen MR) is 81.1 cm³/mol. The highest BCUT2D eigenvalue weighted by Crippen LogP contribution is 2.56. The van der Waals surface area contributed by atoms with Gasteiger partial charge in [0.2, 0.25) is 5.78 Å². The van der Waals surface area contributed by atoms with Crippen molar-refractivity contribution >= 4 is 11.9 Å². The van der Waals surface area contributed by atoms with Crippen LogP contribution in [0, 0.1) is 5.92 Å². The maximum absolute atomic E-state index is 12.8. The number of Topliss-reactive ketones (excluding diaryl/α,β-unsaturated/α-hetero) is 1. The molecule has 0 aromatic carbocycles. The molecule has 3 aliphatic heterocycles. The molecule has 0 aromatic heterocycles. The van der Waals surface area contributed by atoms with Crippen molar-refractivity contribution in [3.05, 3.63) is 22.5 Å². The van der Waals surface area contributed by atoms with Crippen molar-refractivity contribution in [2.24, 2.45) is 17.4 Å². The lowest BCUT2D eigenvalue weighted by Gasteiger charge is -2.40. The summed E-state index contributed by atoms with van der Waals surface area (Å²) in [4.78, 5) is 25.8. The first kappa shape index (κ1) is 15.4. The number of nitrogens with one attached hydrogen (secondary N) is 1. The first-order valence-electron chi connectivity index (χ1n) is 7.78. The number of carbonyl (C=O) groups excluding carboxylic acids is 2. The number of nitrogens with zero attached hydrogens (tertiary/aromatic N) is 1. The van der Waals surface area contributed by atoms with Gasteiger partial charge in [-0.15, -0.1) is 0 Å². The molecule has 1 unspecified atom stereocenters. The molecule has 5 atom stereocenters. The minimum absolute atomic E-state index is 0.0175. The van der Waals surface area contributed by atoms with Gasteiger partial charge in [0.05, 0.1) is 23.4 Å². The monoisotopic (exact) mass is 336 g/mol. The molecule has 0 radical (unpaired) electrons. The van der Waals surface area contributed by atoms with Gasteiger partial charge in [0.15, 0.2) is 5.72 Å². The topological polar surface area (TPSA) is 150 Å². The highest BCUT2D eigenvalue weighted by atomic mass is 16.6. The second-order valence-electron chi connectivity index (χ2n) is 6.63. The van der Waals surface area contributed by atoms with Crippen LogP contribution in [0.3, 0.4) is 0 Å². The van der Waals surface area contributed by atoms with Crippen molar-refractivity contribution in [2.75, 3.05) is 20.3 Å². The van der Waals surface area contributed by atoms with Crippen molar-refractivity contribution in [2.45, 2.75) is 30.8 Å². The van der Waals surface area contributed by atoms with Gasteiger partial charge in [-0.3, -0.25) is 4.79 Å². The van der Waals surface area contributed by atoms with Gasteiger partial charge in [-0.1, -0.05) is 0 Å². The van der Waals surface area contributed by atoms with Gasteiger partial charge in [0.25, 0.3) is 0 Å². The van der Waals surface area contributed by atoms with Crippen LogP contribution in [0.2, 0.25) is 0 Å². The third kappa shape index (κ3) is 1.64. The molecule has 9 nitrogen and oxygen atoms in total. The van der Waals surface area contributed by atoms with Gasteiger partial charge < -0.3 is 36.3 Å². The number of methoxy groups -OCH3 is 1. The molecule has 2 saturated heterocycles. The van der Waals surface area contributed by atoms with Crippen LogP contribution in [-0.4, -0.2) is 66.1 Å². The number of ketones is 1. The minimum Gasteiger partial charge on any atom is -0.449 e. The SMILES string of the molecule is CO[C@@]12[C@H](COC(N)=O)C3=C(C(O)C(C)=C(N)C3=O)N1C[C@@H]1N[C@@H]12. The van der Waals surface area contributed by atoms with Gasteiger partial charge in [0.1, 0.15) is 12.7 Å². The quantitative estimate of drug-likeness (QED) is 0.438. The number of hydrogen-bond acceptors (Lipinski definition) is 8. The zero-order valence-corrected chi connectivity index (χ0v) is 13.4. The molecule has 130 valence electrons. The third-order valence-electron chi connectivity index (χ3n) is 5.65. The summed E-state index contributed by atoms with van der Waals surface area (Å²) in [5, 5.41) is 14.0. The van der Waals surface area contributed by atoms with Crippen molar-refractivity contribution in [3.8, 4) is 0 Å². The molecule has 9 heteroatoms.